The fourth-order valence-electron chi connectivity index (χ4n) is 2.94. The van der Waals surface area contributed by atoms with E-state index in [4.69, 9.17) is 4.74 Å². The summed E-state index contributed by atoms with van der Waals surface area (Å²) in [6.07, 6.45) is 1.76. The fraction of sp³-hybridized carbons (Fsp3) is 0.556. The predicted octanol–water partition coefficient (Wildman–Crippen LogP) is 3.19. The Morgan fingerprint density at radius 2 is 2.09 bits per heavy atom. The third-order valence-corrected chi connectivity index (χ3v) is 4.55. The number of halogens is 1. The van der Waals surface area contributed by atoms with E-state index in [0.29, 0.717) is 37.9 Å². The topological polar surface area (TPSA) is 63.6 Å². The van der Waals surface area contributed by atoms with Gasteiger partial charge in [0.25, 0.3) is 0 Å². The molecule has 23 heavy (non-hydrogen) atoms. The van der Waals surface area contributed by atoms with Gasteiger partial charge in [-0.1, -0.05) is 19.1 Å². The van der Waals surface area contributed by atoms with Gasteiger partial charge in [0.05, 0.1) is 12.7 Å². The predicted molar refractivity (Wildman–Crippen MR) is 83.1 cm³/mol. The highest BCUT2D eigenvalue weighted by Crippen LogP contribution is 2.27. The lowest BCUT2D eigenvalue weighted by Crippen LogP contribution is -2.29. The largest absolute Gasteiger partial charge is 0.466 e. The van der Waals surface area contributed by atoms with Crippen LogP contribution in [0.5, 0.6) is 0 Å². The number of ether oxygens (including phenoxy) is 1. The van der Waals surface area contributed by atoms with Crippen molar-refractivity contribution >= 4 is 11.8 Å². The Balaban J connectivity index is 1.75. The second-order valence-corrected chi connectivity index (χ2v) is 6.19. The zero-order valence-electron chi connectivity index (χ0n) is 13.3. The summed E-state index contributed by atoms with van der Waals surface area (Å²) in [5.41, 5.74) is 0.655. The van der Waals surface area contributed by atoms with Gasteiger partial charge in [0.2, 0.25) is 0 Å². The van der Waals surface area contributed by atoms with E-state index in [2.05, 4.69) is 0 Å². The number of hydrogen-bond donors (Lipinski definition) is 1. The van der Waals surface area contributed by atoms with Crippen molar-refractivity contribution in [3.05, 3.63) is 35.6 Å². The van der Waals surface area contributed by atoms with Gasteiger partial charge in [-0.15, -0.1) is 0 Å². The Hall–Kier alpha value is -1.75. The van der Waals surface area contributed by atoms with Crippen LogP contribution in [0.1, 0.15) is 50.7 Å². The van der Waals surface area contributed by atoms with E-state index in [1.165, 1.54) is 12.1 Å². The van der Waals surface area contributed by atoms with Gasteiger partial charge in [-0.05, 0) is 42.9 Å². The lowest BCUT2D eigenvalue weighted by Gasteiger charge is -2.26. The molecule has 0 aromatic heterocycles. The third-order valence-electron chi connectivity index (χ3n) is 4.55. The van der Waals surface area contributed by atoms with Gasteiger partial charge in [0, 0.05) is 18.8 Å². The number of carbonyl (C=O) groups is 2. The molecule has 1 N–H and O–H groups in total. The van der Waals surface area contributed by atoms with Crippen LogP contribution < -0.4 is 0 Å². The molecule has 5 heteroatoms. The molecule has 1 heterocycles. The summed E-state index contributed by atoms with van der Waals surface area (Å²) >= 11 is 0. The van der Waals surface area contributed by atoms with E-state index < -0.39 is 6.10 Å². The van der Waals surface area contributed by atoms with Crippen molar-refractivity contribution in [2.45, 2.75) is 45.1 Å². The number of cyclic esters (lactones) is 1. The fourth-order valence-corrected chi connectivity index (χ4v) is 2.94. The minimum atomic E-state index is -0.691. The Morgan fingerprint density at radius 3 is 2.74 bits per heavy atom. The molecule has 0 bridgehead atoms. The molecule has 3 atom stereocenters. The van der Waals surface area contributed by atoms with Crippen molar-refractivity contribution in [3.63, 3.8) is 0 Å². The molecule has 1 aromatic carbocycles. The van der Waals surface area contributed by atoms with Crippen molar-refractivity contribution in [2.75, 3.05) is 6.61 Å². The maximum absolute atomic E-state index is 12.8. The minimum Gasteiger partial charge on any atom is -0.466 e. The molecule has 2 rings (SSSR count). The maximum atomic E-state index is 12.8. The highest BCUT2D eigenvalue weighted by molar-refractivity contribution is 5.82. The first-order valence-corrected chi connectivity index (χ1v) is 8.09. The number of carbonyl (C=O) groups excluding carboxylic acids is 2. The number of benzene rings is 1. The van der Waals surface area contributed by atoms with Crippen LogP contribution in [0.15, 0.2) is 24.3 Å². The van der Waals surface area contributed by atoms with Gasteiger partial charge < -0.3 is 9.84 Å². The second-order valence-electron chi connectivity index (χ2n) is 6.19. The van der Waals surface area contributed by atoms with Gasteiger partial charge in [0.15, 0.2) is 0 Å². The van der Waals surface area contributed by atoms with Crippen LogP contribution in [0, 0.1) is 17.7 Å². The molecule has 126 valence electrons. The molecular formula is C18H23FO4. The Bertz CT molecular complexity index is 540. The van der Waals surface area contributed by atoms with Crippen LogP contribution in [0.2, 0.25) is 0 Å². The standard InChI is InChI=1S/C18H23FO4/c1-12(14-9-10-23-18(22)11-14)16(20)3-2-4-17(21)13-5-7-15(19)8-6-13/h5-8,12,14,17,21H,2-4,9-11H2,1H3/t12?,14?,17-/m0/s1. The summed E-state index contributed by atoms with van der Waals surface area (Å²) < 4.78 is 17.7. The molecule has 2 unspecified atom stereocenters. The average molecular weight is 322 g/mol. The third kappa shape index (κ3) is 5.13. The van der Waals surface area contributed by atoms with Gasteiger partial charge >= 0.3 is 5.97 Å². The molecule has 1 aromatic rings. The Labute approximate surface area is 135 Å². The number of aliphatic hydroxyl groups is 1. The first kappa shape index (κ1) is 17.6. The van der Waals surface area contributed by atoms with E-state index in [-0.39, 0.29) is 29.4 Å². The number of rotatable bonds is 7. The summed E-state index contributed by atoms with van der Waals surface area (Å²) in [7, 11) is 0. The summed E-state index contributed by atoms with van der Waals surface area (Å²) in [4.78, 5) is 23.5. The second kappa shape index (κ2) is 8.20. The maximum Gasteiger partial charge on any atom is 0.306 e. The molecule has 0 spiro atoms. The normalized spacial score (nSPS) is 20.7. The lowest BCUT2D eigenvalue weighted by molar-refractivity contribution is -0.150. The number of hydrogen-bond acceptors (Lipinski definition) is 4. The average Bonchev–Trinajstić information content (AvgIpc) is 2.54. The van der Waals surface area contributed by atoms with E-state index in [1.54, 1.807) is 12.1 Å². The lowest BCUT2D eigenvalue weighted by atomic mass is 9.83. The van der Waals surface area contributed by atoms with Crippen molar-refractivity contribution in [1.82, 2.24) is 0 Å². The first-order valence-electron chi connectivity index (χ1n) is 8.09. The summed E-state index contributed by atoms with van der Waals surface area (Å²) in [5.74, 6) is -0.545. The highest BCUT2D eigenvalue weighted by atomic mass is 19.1. The van der Waals surface area contributed by atoms with Crippen LogP contribution in [0.25, 0.3) is 0 Å². The molecule has 1 aliphatic rings. The Kier molecular flexibility index (Phi) is 6.28. The highest BCUT2D eigenvalue weighted by Gasteiger charge is 2.29. The Morgan fingerprint density at radius 1 is 1.39 bits per heavy atom. The van der Waals surface area contributed by atoms with Crippen molar-refractivity contribution in [1.29, 1.82) is 0 Å². The molecule has 0 aliphatic carbocycles. The zero-order chi connectivity index (χ0) is 16.8. The summed E-state index contributed by atoms with van der Waals surface area (Å²) in [6.45, 7) is 2.26. The van der Waals surface area contributed by atoms with Crippen molar-refractivity contribution in [3.8, 4) is 0 Å². The first-order chi connectivity index (χ1) is 11.0. The van der Waals surface area contributed by atoms with Gasteiger partial charge in [0.1, 0.15) is 11.6 Å². The molecule has 1 saturated heterocycles. The molecule has 1 fully saturated rings. The van der Waals surface area contributed by atoms with Gasteiger partial charge in [-0.2, -0.15) is 0 Å². The summed E-state index contributed by atoms with van der Waals surface area (Å²) in [5, 5.41) is 10.1. The van der Waals surface area contributed by atoms with Gasteiger partial charge in [-0.3, -0.25) is 9.59 Å². The van der Waals surface area contributed by atoms with Crippen LogP contribution in [-0.4, -0.2) is 23.5 Å². The zero-order valence-corrected chi connectivity index (χ0v) is 13.3. The van der Waals surface area contributed by atoms with Gasteiger partial charge in [-0.25, -0.2) is 4.39 Å². The van der Waals surface area contributed by atoms with Crippen molar-refractivity contribution < 1.29 is 23.8 Å². The number of ketones is 1. The van der Waals surface area contributed by atoms with Crippen molar-refractivity contribution in [2.24, 2.45) is 11.8 Å². The van der Waals surface area contributed by atoms with Crippen LogP contribution in [0.4, 0.5) is 4.39 Å². The SMILES string of the molecule is CC(C(=O)CCC[C@H](O)c1ccc(F)cc1)C1CCOC(=O)C1. The van der Waals surface area contributed by atoms with E-state index in [0.717, 1.165) is 6.42 Å². The summed E-state index contributed by atoms with van der Waals surface area (Å²) in [6, 6.07) is 5.73. The van der Waals surface area contributed by atoms with E-state index in [9.17, 15) is 19.1 Å². The van der Waals surface area contributed by atoms with Crippen LogP contribution in [-0.2, 0) is 14.3 Å². The molecular weight excluding hydrogens is 299 g/mol. The van der Waals surface area contributed by atoms with Crippen LogP contribution in [0.3, 0.4) is 0 Å². The van der Waals surface area contributed by atoms with E-state index >= 15 is 0 Å². The molecule has 0 radical (unpaired) electrons. The number of Topliss-reactive ketones (excluding diaryl/α,β-unsaturated/α-hetero) is 1. The molecule has 4 nitrogen and oxygen atoms in total. The molecule has 0 saturated carbocycles. The van der Waals surface area contributed by atoms with Crippen LogP contribution >= 0.6 is 0 Å². The minimum absolute atomic E-state index is 0.0609. The monoisotopic (exact) mass is 322 g/mol. The number of aliphatic hydroxyl groups excluding tert-OH is 1. The molecule has 0 amide bonds. The van der Waals surface area contributed by atoms with E-state index in [1.807, 2.05) is 6.92 Å². The quantitative estimate of drug-likeness (QED) is 0.783. The molecule has 1 aliphatic heterocycles. The number of esters is 1. The smallest absolute Gasteiger partial charge is 0.306 e.